The first-order valence-electron chi connectivity index (χ1n) is 7.41. The van der Waals surface area contributed by atoms with E-state index in [-0.39, 0.29) is 36.2 Å². The van der Waals surface area contributed by atoms with Crippen LogP contribution < -0.4 is 5.32 Å². The van der Waals surface area contributed by atoms with Gasteiger partial charge < -0.3 is 9.88 Å². The standard InChI is InChI=1S/C15H18FN5O2.ClH/c1-19-7-6-18-15(19)14-9-17-5-8-20(14)10-11-12(16)3-2-4-13(11)21(22)23;/h2-4,6-7,14,17H,5,8-10H2,1H3;1H. The quantitative estimate of drug-likeness (QED) is 0.671. The predicted molar refractivity (Wildman–Crippen MR) is 89.5 cm³/mol. The Bertz CT molecular complexity index is 724. The fourth-order valence-electron chi connectivity index (χ4n) is 2.97. The summed E-state index contributed by atoms with van der Waals surface area (Å²) in [7, 11) is 1.90. The number of nitrogens with one attached hydrogen (secondary N) is 1. The molecule has 0 saturated carbocycles. The first kappa shape index (κ1) is 18.3. The summed E-state index contributed by atoms with van der Waals surface area (Å²) in [4.78, 5) is 17.0. The molecule has 0 radical (unpaired) electrons. The third-order valence-corrected chi connectivity index (χ3v) is 4.16. The lowest BCUT2D eigenvalue weighted by atomic mass is 10.1. The topological polar surface area (TPSA) is 76.2 Å². The van der Waals surface area contributed by atoms with Crippen LogP contribution in [0.5, 0.6) is 0 Å². The van der Waals surface area contributed by atoms with E-state index in [1.54, 1.807) is 6.20 Å². The van der Waals surface area contributed by atoms with E-state index in [0.29, 0.717) is 13.1 Å². The number of nitro groups is 1. The van der Waals surface area contributed by atoms with Gasteiger partial charge >= 0.3 is 0 Å². The zero-order valence-corrected chi connectivity index (χ0v) is 14.0. The molecule has 24 heavy (non-hydrogen) atoms. The monoisotopic (exact) mass is 355 g/mol. The minimum absolute atomic E-state index is 0. The molecule has 0 amide bonds. The Morgan fingerprint density at radius 1 is 1.50 bits per heavy atom. The van der Waals surface area contributed by atoms with E-state index in [2.05, 4.69) is 10.3 Å². The van der Waals surface area contributed by atoms with Gasteiger partial charge in [-0.15, -0.1) is 12.4 Å². The average molecular weight is 356 g/mol. The lowest BCUT2D eigenvalue weighted by Crippen LogP contribution is -2.46. The van der Waals surface area contributed by atoms with Crippen molar-refractivity contribution in [1.82, 2.24) is 19.8 Å². The fraction of sp³-hybridized carbons (Fsp3) is 0.400. The van der Waals surface area contributed by atoms with Crippen LogP contribution in [0.2, 0.25) is 0 Å². The fourth-order valence-corrected chi connectivity index (χ4v) is 2.97. The largest absolute Gasteiger partial charge is 0.337 e. The Morgan fingerprint density at radius 3 is 2.96 bits per heavy atom. The molecule has 0 spiro atoms. The number of piperazine rings is 1. The van der Waals surface area contributed by atoms with Crippen LogP contribution >= 0.6 is 12.4 Å². The van der Waals surface area contributed by atoms with Crippen LogP contribution in [-0.2, 0) is 13.6 Å². The molecule has 2 aromatic rings. The molecule has 1 N–H and O–H groups in total. The molecule has 1 saturated heterocycles. The van der Waals surface area contributed by atoms with E-state index in [1.807, 2.05) is 22.7 Å². The lowest BCUT2D eigenvalue weighted by molar-refractivity contribution is -0.386. The van der Waals surface area contributed by atoms with Gasteiger partial charge in [0, 0.05) is 51.7 Å². The number of aryl methyl sites for hydroxylation is 1. The molecule has 0 aliphatic carbocycles. The van der Waals surface area contributed by atoms with E-state index in [1.165, 1.54) is 18.2 Å². The normalized spacial score (nSPS) is 18.2. The molecule has 1 aromatic heterocycles. The third-order valence-electron chi connectivity index (χ3n) is 4.16. The highest BCUT2D eigenvalue weighted by Crippen LogP contribution is 2.28. The number of halogens is 2. The maximum atomic E-state index is 14.1. The minimum atomic E-state index is -0.545. The molecule has 1 unspecified atom stereocenters. The van der Waals surface area contributed by atoms with Gasteiger partial charge in [-0.05, 0) is 6.07 Å². The van der Waals surface area contributed by atoms with E-state index >= 15 is 0 Å². The molecule has 1 atom stereocenters. The number of hydrogen-bond acceptors (Lipinski definition) is 5. The molecule has 1 aromatic carbocycles. The number of rotatable bonds is 4. The Morgan fingerprint density at radius 2 is 2.29 bits per heavy atom. The molecule has 3 rings (SSSR count). The maximum Gasteiger partial charge on any atom is 0.276 e. The van der Waals surface area contributed by atoms with Crippen LogP contribution in [-0.4, -0.2) is 39.0 Å². The highest BCUT2D eigenvalue weighted by molar-refractivity contribution is 5.85. The van der Waals surface area contributed by atoms with Gasteiger partial charge in [0.25, 0.3) is 5.69 Å². The van der Waals surface area contributed by atoms with Gasteiger partial charge in [0.2, 0.25) is 0 Å². The van der Waals surface area contributed by atoms with Gasteiger partial charge in [-0.25, -0.2) is 9.37 Å². The molecule has 9 heteroatoms. The highest BCUT2D eigenvalue weighted by atomic mass is 35.5. The second-order valence-corrected chi connectivity index (χ2v) is 5.58. The van der Waals surface area contributed by atoms with Crippen LogP contribution in [0.4, 0.5) is 10.1 Å². The lowest BCUT2D eigenvalue weighted by Gasteiger charge is -2.35. The highest BCUT2D eigenvalue weighted by Gasteiger charge is 2.29. The Kier molecular flexibility index (Phi) is 5.87. The molecular weight excluding hydrogens is 337 g/mol. The molecule has 7 nitrogen and oxygen atoms in total. The Labute approximate surface area is 145 Å². The smallest absolute Gasteiger partial charge is 0.276 e. The zero-order chi connectivity index (χ0) is 16.4. The van der Waals surface area contributed by atoms with Crippen molar-refractivity contribution in [3.8, 4) is 0 Å². The summed E-state index contributed by atoms with van der Waals surface area (Å²) in [5, 5.41) is 14.5. The Hall–Kier alpha value is -2.03. The van der Waals surface area contributed by atoms with Crippen molar-refractivity contribution >= 4 is 18.1 Å². The zero-order valence-electron chi connectivity index (χ0n) is 13.2. The SMILES string of the molecule is Cl.Cn1ccnc1C1CNCCN1Cc1c(F)cccc1[N+](=O)[O-]. The number of nitrogens with zero attached hydrogens (tertiary/aromatic N) is 4. The third kappa shape index (κ3) is 3.55. The number of hydrogen-bond donors (Lipinski definition) is 1. The van der Waals surface area contributed by atoms with Crippen molar-refractivity contribution in [3.05, 3.63) is 57.9 Å². The second kappa shape index (κ2) is 7.69. The van der Waals surface area contributed by atoms with Crippen LogP contribution in [0.25, 0.3) is 0 Å². The van der Waals surface area contributed by atoms with E-state index < -0.39 is 10.7 Å². The summed E-state index contributed by atoms with van der Waals surface area (Å²) < 4.78 is 16.1. The van der Waals surface area contributed by atoms with Crippen LogP contribution in [0.15, 0.2) is 30.6 Å². The van der Waals surface area contributed by atoms with Gasteiger partial charge in [0.15, 0.2) is 0 Å². The van der Waals surface area contributed by atoms with Gasteiger partial charge in [0.05, 0.1) is 16.5 Å². The van der Waals surface area contributed by atoms with Crippen molar-refractivity contribution in [3.63, 3.8) is 0 Å². The maximum absolute atomic E-state index is 14.1. The molecule has 2 heterocycles. The van der Waals surface area contributed by atoms with Crippen LogP contribution in [0.1, 0.15) is 17.4 Å². The minimum Gasteiger partial charge on any atom is -0.337 e. The summed E-state index contributed by atoms with van der Waals surface area (Å²) in [6.45, 7) is 2.28. The van der Waals surface area contributed by atoms with Crippen LogP contribution in [0, 0.1) is 15.9 Å². The van der Waals surface area contributed by atoms with Crippen molar-refractivity contribution in [2.24, 2.45) is 7.05 Å². The van der Waals surface area contributed by atoms with Gasteiger partial charge in [0.1, 0.15) is 11.6 Å². The van der Waals surface area contributed by atoms with Crippen molar-refractivity contribution in [2.75, 3.05) is 19.6 Å². The van der Waals surface area contributed by atoms with Crippen molar-refractivity contribution in [1.29, 1.82) is 0 Å². The van der Waals surface area contributed by atoms with Crippen LogP contribution in [0.3, 0.4) is 0 Å². The summed E-state index contributed by atoms with van der Waals surface area (Å²) in [5.41, 5.74) is -0.0549. The molecule has 1 aliphatic rings. The van der Waals surface area contributed by atoms with E-state index in [9.17, 15) is 14.5 Å². The summed E-state index contributed by atoms with van der Waals surface area (Å²) >= 11 is 0. The molecule has 1 fully saturated rings. The second-order valence-electron chi connectivity index (χ2n) is 5.58. The van der Waals surface area contributed by atoms with E-state index in [0.717, 1.165) is 12.4 Å². The summed E-state index contributed by atoms with van der Waals surface area (Å²) in [6, 6.07) is 3.92. The summed E-state index contributed by atoms with van der Waals surface area (Å²) in [5.74, 6) is 0.313. The first-order valence-corrected chi connectivity index (χ1v) is 7.41. The summed E-state index contributed by atoms with van der Waals surface area (Å²) in [6.07, 6.45) is 3.57. The number of nitro benzene ring substituents is 1. The van der Waals surface area contributed by atoms with Gasteiger partial charge in [-0.3, -0.25) is 15.0 Å². The molecule has 0 bridgehead atoms. The molecular formula is C15H19ClFN5O2. The number of imidazole rings is 1. The average Bonchev–Trinajstić information content (AvgIpc) is 2.95. The molecule has 1 aliphatic heterocycles. The first-order chi connectivity index (χ1) is 11.1. The van der Waals surface area contributed by atoms with Gasteiger partial charge in [-0.1, -0.05) is 6.07 Å². The van der Waals surface area contributed by atoms with Gasteiger partial charge in [-0.2, -0.15) is 0 Å². The van der Waals surface area contributed by atoms with E-state index in [4.69, 9.17) is 0 Å². The van der Waals surface area contributed by atoms with Crippen molar-refractivity contribution < 1.29 is 9.31 Å². The number of aromatic nitrogens is 2. The predicted octanol–water partition coefficient (Wildman–Crippen LogP) is 2.04. The Balaban J connectivity index is 0.00000208. The number of benzene rings is 1. The molecule has 130 valence electrons. The van der Waals surface area contributed by atoms with Crippen molar-refractivity contribution in [2.45, 2.75) is 12.6 Å².